The van der Waals surface area contributed by atoms with Gasteiger partial charge in [-0.1, -0.05) is 13.8 Å². The van der Waals surface area contributed by atoms with Crippen LogP contribution in [0.3, 0.4) is 0 Å². The molecule has 0 heterocycles. The zero-order valence-electron chi connectivity index (χ0n) is 11.8. The average Bonchev–Trinajstić information content (AvgIpc) is 2.40. The second-order valence-corrected chi connectivity index (χ2v) is 6.40. The number of benzene rings is 1. The van der Waals surface area contributed by atoms with Crippen LogP contribution in [0.25, 0.3) is 0 Å². The molecule has 0 saturated carbocycles. The molecule has 0 radical (unpaired) electrons. The molecule has 0 N–H and O–H groups in total. The van der Waals surface area contributed by atoms with Crippen LogP contribution in [0.15, 0.2) is 17.0 Å². The molecule has 120 valence electrons. The first-order chi connectivity index (χ1) is 9.81. The van der Waals surface area contributed by atoms with Gasteiger partial charge < -0.3 is 14.3 Å². The first kappa shape index (κ1) is 18.4. The van der Waals surface area contributed by atoms with Crippen LogP contribution in [-0.2, 0) is 18.8 Å². The molecule has 0 unspecified atom stereocenters. The van der Waals surface area contributed by atoms with Gasteiger partial charge in [-0.15, -0.1) is 8.67 Å². The predicted molar refractivity (Wildman–Crippen MR) is 79.0 cm³/mol. The van der Waals surface area contributed by atoms with Gasteiger partial charge in [0.25, 0.3) is 0 Å². The van der Waals surface area contributed by atoms with Crippen molar-refractivity contribution in [2.75, 3.05) is 12.5 Å². The molecule has 0 saturated heterocycles. The fourth-order valence-electron chi connectivity index (χ4n) is 1.57. The number of rotatable bonds is 8. The normalized spacial score (nSPS) is 11.7. The van der Waals surface area contributed by atoms with Crippen LogP contribution in [0.4, 0.5) is 0 Å². The van der Waals surface area contributed by atoms with E-state index < -0.39 is 15.0 Å². The molecule has 0 aliphatic carbocycles. The lowest BCUT2D eigenvalue weighted by atomic mass is 10.0. The summed E-state index contributed by atoms with van der Waals surface area (Å²) in [7, 11) is -4.68. The van der Waals surface area contributed by atoms with Crippen molar-refractivity contribution in [3.8, 4) is 11.5 Å². The second-order valence-electron chi connectivity index (χ2n) is 4.08. The van der Waals surface area contributed by atoms with Gasteiger partial charge in [0, 0.05) is 54.3 Å². The first-order valence-electron chi connectivity index (χ1n) is 5.69. The highest BCUT2D eigenvalue weighted by Crippen LogP contribution is 2.38. The van der Waals surface area contributed by atoms with Crippen molar-refractivity contribution in [3.05, 3.63) is 17.7 Å². The highest BCUT2D eigenvalue weighted by Gasteiger charge is 2.21. The quantitative estimate of drug-likeness (QED) is 0.302. The van der Waals surface area contributed by atoms with E-state index in [1.54, 1.807) is 12.5 Å². The molecule has 21 heavy (non-hydrogen) atoms. The number of hydrogen-bond acceptors (Lipinski definition) is 9. The van der Waals surface area contributed by atoms with Gasteiger partial charge in [0.2, 0.25) is 0 Å². The fourth-order valence-corrected chi connectivity index (χ4v) is 2.36. The molecular weight excluding hydrogens is 340 g/mol. The van der Waals surface area contributed by atoms with Gasteiger partial charge in [0.05, 0.1) is 4.90 Å². The maximum Gasteiger partial charge on any atom is 0.175 e. The summed E-state index contributed by atoms with van der Waals surface area (Å²) in [6.45, 7) is 3.69. The van der Waals surface area contributed by atoms with Crippen LogP contribution in [0.2, 0.25) is 0 Å². The van der Waals surface area contributed by atoms with Crippen molar-refractivity contribution in [2.45, 2.75) is 24.7 Å². The third kappa shape index (κ3) is 5.24. The minimum atomic E-state index is -4.68. The van der Waals surface area contributed by atoms with E-state index >= 15 is 0 Å². The van der Waals surface area contributed by atoms with Crippen LogP contribution in [0.1, 0.15) is 25.3 Å². The molecule has 0 aliphatic rings. The van der Waals surface area contributed by atoms with Crippen LogP contribution in [0.5, 0.6) is 11.5 Å². The Balaban J connectivity index is 3.41. The molecule has 0 amide bonds. The summed E-state index contributed by atoms with van der Waals surface area (Å²) >= 11 is 1.86. The monoisotopic (exact) mass is 355 g/mol. The fraction of sp³-hybridized carbons (Fsp3) is 0.455. The summed E-state index contributed by atoms with van der Waals surface area (Å²) in [5.74, 6) is 0.0706. The van der Waals surface area contributed by atoms with Crippen molar-refractivity contribution < 1.29 is 31.4 Å². The molecule has 1 aromatic rings. The average molecular weight is 355 g/mol. The van der Waals surface area contributed by atoms with Gasteiger partial charge >= 0.3 is 0 Å². The van der Waals surface area contributed by atoms with E-state index in [1.165, 1.54) is 0 Å². The summed E-state index contributed by atoms with van der Waals surface area (Å²) in [5.41, 5.74) is 0.519. The third-order valence-electron chi connectivity index (χ3n) is 2.33. The largest absolute Gasteiger partial charge is 0.744 e. The Bertz CT molecular complexity index is 542. The topological polar surface area (TPSA) is 94.1 Å². The lowest BCUT2D eigenvalue weighted by Crippen LogP contribution is -2.06. The summed E-state index contributed by atoms with van der Waals surface area (Å²) in [6, 6.07) is 2.19. The Morgan fingerprint density at radius 3 is 1.76 bits per heavy atom. The Hall–Kier alpha value is -0.650. The van der Waals surface area contributed by atoms with Gasteiger partial charge in [-0.05, 0) is 5.92 Å². The zero-order chi connectivity index (χ0) is 16.0. The van der Waals surface area contributed by atoms with Gasteiger partial charge in [0.1, 0.15) is 10.1 Å². The summed E-state index contributed by atoms with van der Waals surface area (Å²) < 4.78 is 43.1. The minimum absolute atomic E-state index is 0.0796. The highest BCUT2D eigenvalue weighted by atomic mass is 32.2. The minimum Gasteiger partial charge on any atom is -0.744 e. The molecule has 7 nitrogen and oxygen atoms in total. The maximum atomic E-state index is 11.2. The molecular formula is C11H15O7S3-. The molecule has 10 heteroatoms. The first-order valence-corrected chi connectivity index (χ1v) is 9.40. The lowest BCUT2D eigenvalue weighted by Gasteiger charge is -2.18. The molecule has 0 aromatic heterocycles. The van der Waals surface area contributed by atoms with Crippen LogP contribution >= 0.6 is 24.1 Å². The molecule has 0 spiro atoms. The predicted octanol–water partition coefficient (Wildman–Crippen LogP) is 2.89. The van der Waals surface area contributed by atoms with E-state index in [0.29, 0.717) is 5.56 Å². The van der Waals surface area contributed by atoms with Crippen molar-refractivity contribution in [2.24, 2.45) is 0 Å². The Morgan fingerprint density at radius 1 is 1.05 bits per heavy atom. The molecule has 0 fully saturated rings. The van der Waals surface area contributed by atoms with E-state index in [2.05, 4.69) is 0 Å². The van der Waals surface area contributed by atoms with E-state index in [4.69, 9.17) is 18.4 Å². The second kappa shape index (κ2) is 8.11. The third-order valence-corrected chi connectivity index (χ3v) is 3.55. The van der Waals surface area contributed by atoms with Crippen LogP contribution in [-0.4, -0.2) is 25.5 Å². The molecule has 0 bridgehead atoms. The van der Waals surface area contributed by atoms with Crippen molar-refractivity contribution in [1.82, 2.24) is 0 Å². The van der Waals surface area contributed by atoms with E-state index in [9.17, 15) is 13.0 Å². The van der Waals surface area contributed by atoms with E-state index in [0.717, 1.165) is 36.2 Å². The van der Waals surface area contributed by atoms with Crippen LogP contribution < -0.4 is 9.78 Å². The zero-order valence-corrected chi connectivity index (χ0v) is 14.3. The Morgan fingerprint density at radius 2 is 1.48 bits per heavy atom. The van der Waals surface area contributed by atoms with Gasteiger partial charge in [-0.2, -0.15) is 0 Å². The highest BCUT2D eigenvalue weighted by molar-refractivity contribution is 7.94. The maximum absolute atomic E-state index is 11.2. The van der Waals surface area contributed by atoms with Gasteiger partial charge in [-0.3, -0.25) is 0 Å². The van der Waals surface area contributed by atoms with E-state index in [1.807, 2.05) is 13.8 Å². The molecule has 0 atom stereocenters. The molecule has 0 aliphatic heterocycles. The van der Waals surface area contributed by atoms with Gasteiger partial charge in [-0.25, -0.2) is 8.42 Å². The van der Waals surface area contributed by atoms with Gasteiger partial charge in [0.15, 0.2) is 11.5 Å². The molecule has 1 rings (SSSR count). The lowest BCUT2D eigenvalue weighted by molar-refractivity contribution is -0.0875. The summed E-state index contributed by atoms with van der Waals surface area (Å²) in [6.07, 6.45) is 3.25. The summed E-state index contributed by atoms with van der Waals surface area (Å²) in [5, 5.41) is 0. The standard InChI is InChI=1S/C11H16O7S3/c1-7(2)11-9(15-17-19-3)5-8(21(12,13)14)6-10(11)16-18-20-4/h5-7H,1-4H3,(H,12,13,14)/p-1. The van der Waals surface area contributed by atoms with Crippen LogP contribution in [0, 0.1) is 0 Å². The molecule has 1 aromatic carbocycles. The smallest absolute Gasteiger partial charge is 0.175 e. The summed E-state index contributed by atoms with van der Waals surface area (Å²) in [4.78, 5) is 9.55. The van der Waals surface area contributed by atoms with Crippen molar-refractivity contribution in [3.63, 3.8) is 0 Å². The SMILES string of the molecule is CSOOc1cc(S(=O)(=O)[O-])cc(OOSC)c1C(C)C. The van der Waals surface area contributed by atoms with Crippen molar-refractivity contribution in [1.29, 1.82) is 0 Å². The van der Waals surface area contributed by atoms with E-state index in [-0.39, 0.29) is 17.4 Å². The Labute approximate surface area is 132 Å². The Kier molecular flexibility index (Phi) is 7.10. The van der Waals surface area contributed by atoms with Crippen molar-refractivity contribution >= 4 is 34.2 Å². The number of hydrogen-bond donors (Lipinski definition) is 0.